The van der Waals surface area contributed by atoms with Crippen molar-refractivity contribution in [3.05, 3.63) is 71.0 Å². The zero-order valence-corrected chi connectivity index (χ0v) is 19.2. The van der Waals surface area contributed by atoms with E-state index in [2.05, 4.69) is 30.6 Å². The molecule has 0 spiro atoms. The third-order valence-electron chi connectivity index (χ3n) is 5.50. The van der Waals surface area contributed by atoms with Crippen LogP contribution in [0.5, 0.6) is 0 Å². The van der Waals surface area contributed by atoms with Crippen molar-refractivity contribution in [1.82, 2.24) is 8.87 Å². The number of rotatable bonds is 7. The van der Waals surface area contributed by atoms with Gasteiger partial charge in [0.05, 0.1) is 15.1 Å². The third kappa shape index (κ3) is 4.28. The van der Waals surface area contributed by atoms with Crippen LogP contribution >= 0.6 is 11.3 Å². The van der Waals surface area contributed by atoms with Gasteiger partial charge in [0.25, 0.3) is 5.91 Å². The van der Waals surface area contributed by atoms with Crippen LogP contribution in [0.25, 0.3) is 10.2 Å². The minimum atomic E-state index is -3.54. The molecule has 6 nitrogen and oxygen atoms in total. The molecule has 0 unspecified atom stereocenters. The van der Waals surface area contributed by atoms with Gasteiger partial charge >= 0.3 is 0 Å². The van der Waals surface area contributed by atoms with Gasteiger partial charge in [0.2, 0.25) is 10.0 Å². The van der Waals surface area contributed by atoms with E-state index in [1.165, 1.54) is 45.5 Å². The third-order valence-corrected chi connectivity index (χ3v) is 8.47. The van der Waals surface area contributed by atoms with Gasteiger partial charge in [-0.15, -0.1) is 6.58 Å². The van der Waals surface area contributed by atoms with E-state index in [4.69, 9.17) is 0 Å². The number of thiazole rings is 1. The molecule has 1 aliphatic carbocycles. The van der Waals surface area contributed by atoms with Gasteiger partial charge in [-0.25, -0.2) is 8.42 Å². The number of sulfonamides is 1. The van der Waals surface area contributed by atoms with E-state index in [0.29, 0.717) is 16.9 Å². The van der Waals surface area contributed by atoms with Crippen LogP contribution in [0, 0.1) is 0 Å². The Kier molecular flexibility index (Phi) is 5.96. The Balaban J connectivity index is 1.67. The lowest BCUT2D eigenvalue weighted by atomic mass is 10.2. The summed E-state index contributed by atoms with van der Waals surface area (Å²) in [7, 11) is -1.93. The molecular formula is C23H25N3O3S2. The molecule has 0 N–H and O–H groups in total. The second-order valence-electron chi connectivity index (χ2n) is 7.63. The number of amides is 1. The molecule has 162 valence electrons. The summed E-state index contributed by atoms with van der Waals surface area (Å²) in [6.07, 6.45) is 4.50. The average Bonchev–Trinajstić information content (AvgIpc) is 3.57. The maximum Gasteiger partial charge on any atom is 0.279 e. The highest BCUT2D eigenvalue weighted by Gasteiger charge is 2.35. The lowest BCUT2D eigenvalue weighted by Crippen LogP contribution is -2.28. The number of fused-ring (bicyclic) bond motifs is 1. The molecule has 0 aliphatic heterocycles. The van der Waals surface area contributed by atoms with Gasteiger partial charge in [-0.05, 0) is 61.2 Å². The number of nitrogens with zero attached hydrogens (tertiary/aromatic N) is 3. The standard InChI is InChI=1S/C23H25N3O3S2/c1-4-14-26-20-13-6-16(5-2)15-21(20)30-23(26)24-22(27)17-7-11-19(12-8-17)31(28,29)25(3)18-9-10-18/h4,6-8,11-13,15,18H,1,5,9-10,14H2,2-3H3. The highest BCUT2D eigenvalue weighted by molar-refractivity contribution is 7.89. The van der Waals surface area contributed by atoms with Crippen LogP contribution in [0.4, 0.5) is 0 Å². The zero-order chi connectivity index (χ0) is 22.2. The molecule has 1 saturated carbocycles. The molecule has 0 saturated heterocycles. The number of aryl methyl sites for hydroxylation is 1. The molecule has 1 amide bonds. The van der Waals surface area contributed by atoms with Crippen molar-refractivity contribution in [3.63, 3.8) is 0 Å². The Morgan fingerprint density at radius 3 is 2.58 bits per heavy atom. The van der Waals surface area contributed by atoms with Gasteiger partial charge in [0.1, 0.15) is 0 Å². The van der Waals surface area contributed by atoms with E-state index in [1.54, 1.807) is 13.1 Å². The minimum absolute atomic E-state index is 0.0859. The van der Waals surface area contributed by atoms with Crippen LogP contribution in [0.15, 0.2) is 65.0 Å². The molecule has 4 rings (SSSR count). The number of benzene rings is 2. The van der Waals surface area contributed by atoms with Crippen LogP contribution < -0.4 is 4.80 Å². The maximum atomic E-state index is 12.8. The summed E-state index contributed by atoms with van der Waals surface area (Å²) in [4.78, 5) is 17.9. The molecular weight excluding hydrogens is 430 g/mol. The number of hydrogen-bond acceptors (Lipinski definition) is 4. The molecule has 31 heavy (non-hydrogen) atoms. The fourth-order valence-electron chi connectivity index (χ4n) is 3.45. The number of carbonyl (C=O) groups is 1. The van der Waals surface area contributed by atoms with Crippen molar-refractivity contribution >= 4 is 37.5 Å². The normalized spacial score (nSPS) is 15.0. The summed E-state index contributed by atoms with van der Waals surface area (Å²) in [5, 5.41) is 0. The molecule has 8 heteroatoms. The van der Waals surface area contributed by atoms with E-state index in [1.807, 2.05) is 10.6 Å². The predicted octanol–water partition coefficient (Wildman–Crippen LogP) is 3.98. The summed E-state index contributed by atoms with van der Waals surface area (Å²) in [6, 6.07) is 12.4. The van der Waals surface area contributed by atoms with Gasteiger partial charge in [-0.2, -0.15) is 9.30 Å². The van der Waals surface area contributed by atoms with E-state index in [0.717, 1.165) is 29.5 Å². The maximum absolute atomic E-state index is 12.8. The molecule has 1 fully saturated rings. The van der Waals surface area contributed by atoms with Crippen molar-refractivity contribution in [1.29, 1.82) is 0 Å². The van der Waals surface area contributed by atoms with Crippen LogP contribution in [-0.2, 0) is 23.0 Å². The van der Waals surface area contributed by atoms with Crippen LogP contribution in [0.1, 0.15) is 35.7 Å². The summed E-state index contributed by atoms with van der Waals surface area (Å²) in [5.41, 5.74) is 2.59. The molecule has 1 aliphatic rings. The van der Waals surface area contributed by atoms with Crippen molar-refractivity contribution < 1.29 is 13.2 Å². The topological polar surface area (TPSA) is 71.7 Å². The van der Waals surface area contributed by atoms with Crippen LogP contribution in [0.2, 0.25) is 0 Å². The van der Waals surface area contributed by atoms with Gasteiger partial charge < -0.3 is 4.57 Å². The monoisotopic (exact) mass is 455 g/mol. The molecule has 0 bridgehead atoms. The van der Waals surface area contributed by atoms with E-state index in [-0.39, 0.29) is 10.9 Å². The quantitative estimate of drug-likeness (QED) is 0.506. The first-order valence-electron chi connectivity index (χ1n) is 10.3. The van der Waals surface area contributed by atoms with Crippen LogP contribution in [0.3, 0.4) is 0 Å². The fourth-order valence-corrected chi connectivity index (χ4v) is 5.97. The first-order valence-corrected chi connectivity index (χ1v) is 12.5. The smallest absolute Gasteiger partial charge is 0.279 e. The average molecular weight is 456 g/mol. The molecule has 0 radical (unpaired) electrons. The summed E-state index contributed by atoms with van der Waals surface area (Å²) < 4.78 is 29.8. The molecule has 1 heterocycles. The summed E-state index contributed by atoms with van der Waals surface area (Å²) >= 11 is 1.46. The zero-order valence-electron chi connectivity index (χ0n) is 17.6. The second kappa shape index (κ2) is 8.53. The highest BCUT2D eigenvalue weighted by atomic mass is 32.2. The lowest BCUT2D eigenvalue weighted by Gasteiger charge is -2.16. The SMILES string of the molecule is C=CCn1c(=NC(=O)c2ccc(S(=O)(=O)N(C)C3CC3)cc2)sc2cc(CC)ccc21. The predicted molar refractivity (Wildman–Crippen MR) is 124 cm³/mol. The minimum Gasteiger partial charge on any atom is -0.312 e. The number of carbonyl (C=O) groups excluding carboxylic acids is 1. The van der Waals surface area contributed by atoms with Gasteiger partial charge in [-0.3, -0.25) is 4.79 Å². The largest absolute Gasteiger partial charge is 0.312 e. The highest BCUT2D eigenvalue weighted by Crippen LogP contribution is 2.30. The van der Waals surface area contributed by atoms with Crippen LogP contribution in [-0.4, -0.2) is 36.3 Å². The van der Waals surface area contributed by atoms with Crippen molar-refractivity contribution in [2.45, 2.75) is 43.7 Å². The molecule has 3 aromatic rings. The second-order valence-corrected chi connectivity index (χ2v) is 10.6. The van der Waals surface area contributed by atoms with E-state index in [9.17, 15) is 13.2 Å². The van der Waals surface area contributed by atoms with Gasteiger partial charge in [0.15, 0.2) is 4.80 Å². The molecule has 2 aromatic carbocycles. The summed E-state index contributed by atoms with van der Waals surface area (Å²) in [6.45, 7) is 6.46. The Labute approximate surface area is 186 Å². The summed E-state index contributed by atoms with van der Waals surface area (Å²) in [5.74, 6) is -0.403. The van der Waals surface area contributed by atoms with E-state index >= 15 is 0 Å². The first-order chi connectivity index (χ1) is 14.8. The lowest BCUT2D eigenvalue weighted by molar-refractivity contribution is 0.0998. The van der Waals surface area contributed by atoms with Gasteiger partial charge in [-0.1, -0.05) is 30.4 Å². The first kappa shape index (κ1) is 21.7. The van der Waals surface area contributed by atoms with Crippen molar-refractivity contribution in [2.75, 3.05) is 7.05 Å². The number of allylic oxidation sites excluding steroid dienone is 1. The Hall–Kier alpha value is -2.55. The Morgan fingerprint density at radius 1 is 1.26 bits per heavy atom. The number of hydrogen-bond donors (Lipinski definition) is 0. The fraction of sp³-hybridized carbons (Fsp3) is 0.304. The Bertz CT molecular complexity index is 1310. The molecule has 1 aromatic heterocycles. The number of aromatic nitrogens is 1. The molecule has 0 atom stereocenters. The van der Waals surface area contributed by atoms with E-state index < -0.39 is 15.9 Å². The van der Waals surface area contributed by atoms with Gasteiger partial charge in [0, 0.05) is 25.2 Å². The Morgan fingerprint density at radius 2 is 1.97 bits per heavy atom. The van der Waals surface area contributed by atoms with Crippen molar-refractivity contribution in [3.8, 4) is 0 Å². The van der Waals surface area contributed by atoms with Crippen molar-refractivity contribution in [2.24, 2.45) is 4.99 Å².